The second-order valence-corrected chi connectivity index (χ2v) is 6.92. The molecule has 0 bridgehead atoms. The van der Waals surface area contributed by atoms with E-state index in [2.05, 4.69) is 28.0 Å². The molecule has 0 aromatic heterocycles. The van der Waals surface area contributed by atoms with Gasteiger partial charge in [0.2, 0.25) is 0 Å². The van der Waals surface area contributed by atoms with Crippen LogP contribution in [-0.2, 0) is 13.0 Å². The molecule has 0 N–H and O–H groups in total. The molecule has 2 aromatic carbocycles. The maximum absolute atomic E-state index is 13.1. The molecule has 2 nitrogen and oxygen atoms in total. The summed E-state index contributed by atoms with van der Waals surface area (Å²) in [6.07, 6.45) is 3.98. The number of benzene rings is 2. The fraction of sp³-hybridized carbons (Fsp3) is 0.400. The largest absolute Gasteiger partial charge is 0.345 e. The molecule has 4 heteroatoms. The van der Waals surface area contributed by atoms with Crippen molar-refractivity contribution in [3.05, 3.63) is 59.4 Å². The third-order valence-corrected chi connectivity index (χ3v) is 5.10. The number of rotatable bonds is 4. The van der Waals surface area contributed by atoms with E-state index in [1.54, 1.807) is 0 Å². The zero-order chi connectivity index (χ0) is 15.8. The quantitative estimate of drug-likeness (QED) is 0.785. The Bertz CT molecular complexity index is 697. The number of nitrogens with zero attached hydrogens (tertiary/aromatic N) is 2. The lowest BCUT2D eigenvalue weighted by Crippen LogP contribution is -2.32. The molecule has 0 spiro atoms. The average molecular weight is 347 g/mol. The fourth-order valence-corrected chi connectivity index (χ4v) is 3.45. The third-order valence-electron chi connectivity index (χ3n) is 5.10. The first-order valence-electron chi connectivity index (χ1n) is 8.52. The Morgan fingerprint density at radius 1 is 1.04 bits per heavy atom. The van der Waals surface area contributed by atoms with Crippen LogP contribution in [0.1, 0.15) is 24.0 Å². The molecule has 2 aliphatic rings. The van der Waals surface area contributed by atoms with E-state index in [0.717, 1.165) is 24.6 Å². The van der Waals surface area contributed by atoms with Crippen molar-refractivity contribution in [1.29, 1.82) is 0 Å². The minimum atomic E-state index is -0.191. The first-order chi connectivity index (χ1) is 11.2. The number of fused-ring (bicyclic) bond motifs is 1. The van der Waals surface area contributed by atoms with Gasteiger partial charge in [-0.2, -0.15) is 0 Å². The highest BCUT2D eigenvalue weighted by atomic mass is 35.5. The molecule has 1 fully saturated rings. The van der Waals surface area contributed by atoms with E-state index in [4.69, 9.17) is 0 Å². The highest BCUT2D eigenvalue weighted by molar-refractivity contribution is 5.85. The Balaban J connectivity index is 0.00000169. The third kappa shape index (κ3) is 3.73. The lowest BCUT2D eigenvalue weighted by atomic mass is 9.98. The summed E-state index contributed by atoms with van der Waals surface area (Å²) in [6, 6.07) is 13.4. The second-order valence-electron chi connectivity index (χ2n) is 6.92. The van der Waals surface area contributed by atoms with Gasteiger partial charge in [-0.15, -0.1) is 12.4 Å². The van der Waals surface area contributed by atoms with E-state index in [0.29, 0.717) is 0 Å². The minimum absolute atomic E-state index is 0. The fourth-order valence-electron chi connectivity index (χ4n) is 3.45. The maximum atomic E-state index is 13.1. The summed E-state index contributed by atoms with van der Waals surface area (Å²) >= 11 is 0. The summed E-state index contributed by atoms with van der Waals surface area (Å²) in [5, 5.41) is 0. The molecule has 1 aliphatic carbocycles. The molecule has 2 aromatic rings. The predicted molar refractivity (Wildman–Crippen MR) is 99.9 cm³/mol. The van der Waals surface area contributed by atoms with E-state index in [1.165, 1.54) is 54.9 Å². The van der Waals surface area contributed by atoms with Crippen LogP contribution in [0.15, 0.2) is 42.5 Å². The Morgan fingerprint density at radius 2 is 1.75 bits per heavy atom. The monoisotopic (exact) mass is 346 g/mol. The molecule has 4 rings (SSSR count). The Morgan fingerprint density at radius 3 is 2.46 bits per heavy atom. The topological polar surface area (TPSA) is 6.48 Å². The van der Waals surface area contributed by atoms with E-state index in [1.807, 2.05) is 19.2 Å². The molecule has 1 heterocycles. The van der Waals surface area contributed by atoms with Gasteiger partial charge in [0.15, 0.2) is 0 Å². The first-order valence-corrected chi connectivity index (χ1v) is 8.52. The summed E-state index contributed by atoms with van der Waals surface area (Å²) in [7, 11) is 2.04. The zero-order valence-electron chi connectivity index (χ0n) is 14.0. The first kappa shape index (κ1) is 17.2. The average Bonchev–Trinajstić information content (AvgIpc) is 3.38. The summed E-state index contributed by atoms with van der Waals surface area (Å²) in [5.74, 6) is 0.755. The predicted octanol–water partition coefficient (Wildman–Crippen LogP) is 4.78. The molecule has 0 saturated heterocycles. The standard InChI is InChI=1S/C20H23FN2.ClH/c1-22(19-8-5-18(21)6-9-19)20-7-4-16-10-11-23(13-15-2-3-15)14-17(16)12-20;/h4-9,12,15H,2-3,10-11,13-14H2,1H3;1H. The van der Waals surface area contributed by atoms with Crippen molar-refractivity contribution in [3.8, 4) is 0 Å². The van der Waals surface area contributed by atoms with Crippen LogP contribution in [0.2, 0.25) is 0 Å². The van der Waals surface area contributed by atoms with Crippen molar-refractivity contribution < 1.29 is 4.39 Å². The van der Waals surface area contributed by atoms with Crippen molar-refractivity contribution in [2.24, 2.45) is 5.92 Å². The van der Waals surface area contributed by atoms with Gasteiger partial charge in [-0.1, -0.05) is 6.07 Å². The lowest BCUT2D eigenvalue weighted by Gasteiger charge is -2.30. The molecule has 24 heavy (non-hydrogen) atoms. The maximum Gasteiger partial charge on any atom is 0.123 e. The van der Waals surface area contributed by atoms with Crippen LogP contribution in [0.4, 0.5) is 15.8 Å². The Hall–Kier alpha value is -1.58. The number of anilines is 2. The van der Waals surface area contributed by atoms with Crippen LogP contribution in [0.25, 0.3) is 0 Å². The summed E-state index contributed by atoms with van der Waals surface area (Å²) < 4.78 is 13.1. The van der Waals surface area contributed by atoms with E-state index in [9.17, 15) is 4.39 Å². The van der Waals surface area contributed by atoms with Crippen molar-refractivity contribution in [1.82, 2.24) is 4.90 Å². The second kappa shape index (κ2) is 7.12. The highest BCUT2D eigenvalue weighted by Gasteiger charge is 2.26. The molecular formula is C20H24ClFN2. The summed E-state index contributed by atoms with van der Waals surface area (Å²) in [5.41, 5.74) is 5.11. The smallest absolute Gasteiger partial charge is 0.123 e. The molecule has 0 radical (unpaired) electrons. The van der Waals surface area contributed by atoms with E-state index in [-0.39, 0.29) is 18.2 Å². The minimum Gasteiger partial charge on any atom is -0.345 e. The van der Waals surface area contributed by atoms with Crippen molar-refractivity contribution in [3.63, 3.8) is 0 Å². The SMILES string of the molecule is CN(c1ccc(F)cc1)c1ccc2c(c1)CN(CC1CC1)CC2.Cl. The number of hydrogen-bond donors (Lipinski definition) is 0. The van der Waals surface area contributed by atoms with Crippen LogP contribution in [0.3, 0.4) is 0 Å². The van der Waals surface area contributed by atoms with E-state index < -0.39 is 0 Å². The van der Waals surface area contributed by atoms with Gasteiger partial charge in [-0.25, -0.2) is 4.39 Å². The van der Waals surface area contributed by atoms with Crippen LogP contribution in [0.5, 0.6) is 0 Å². The van der Waals surface area contributed by atoms with Gasteiger partial charge in [-0.05, 0) is 72.7 Å². The van der Waals surface area contributed by atoms with Crippen LogP contribution >= 0.6 is 12.4 Å². The van der Waals surface area contributed by atoms with Gasteiger partial charge in [-0.3, -0.25) is 4.90 Å². The number of halogens is 2. The molecule has 0 amide bonds. The molecular weight excluding hydrogens is 323 g/mol. The molecule has 0 unspecified atom stereocenters. The zero-order valence-corrected chi connectivity index (χ0v) is 14.9. The van der Waals surface area contributed by atoms with Gasteiger partial charge in [0.1, 0.15) is 5.82 Å². The summed E-state index contributed by atoms with van der Waals surface area (Å²) in [4.78, 5) is 4.72. The van der Waals surface area contributed by atoms with E-state index >= 15 is 0 Å². The van der Waals surface area contributed by atoms with Crippen molar-refractivity contribution in [2.75, 3.05) is 25.0 Å². The molecule has 1 saturated carbocycles. The van der Waals surface area contributed by atoms with Crippen LogP contribution in [0, 0.1) is 11.7 Å². The highest BCUT2D eigenvalue weighted by Crippen LogP contribution is 2.33. The van der Waals surface area contributed by atoms with Gasteiger partial charge < -0.3 is 4.90 Å². The van der Waals surface area contributed by atoms with Crippen LogP contribution < -0.4 is 4.90 Å². The number of hydrogen-bond acceptors (Lipinski definition) is 2. The van der Waals surface area contributed by atoms with Gasteiger partial charge >= 0.3 is 0 Å². The normalized spacial score (nSPS) is 17.1. The van der Waals surface area contributed by atoms with Gasteiger partial charge in [0.05, 0.1) is 0 Å². The van der Waals surface area contributed by atoms with Gasteiger partial charge in [0.25, 0.3) is 0 Å². The molecule has 1 aliphatic heterocycles. The van der Waals surface area contributed by atoms with Gasteiger partial charge in [0, 0.05) is 38.1 Å². The lowest BCUT2D eigenvalue weighted by molar-refractivity contribution is 0.244. The molecule has 0 atom stereocenters. The molecule has 128 valence electrons. The Labute approximate surface area is 149 Å². The van der Waals surface area contributed by atoms with Crippen LogP contribution in [-0.4, -0.2) is 25.0 Å². The summed E-state index contributed by atoms with van der Waals surface area (Å²) in [6.45, 7) is 3.52. The van der Waals surface area contributed by atoms with Crippen molar-refractivity contribution >= 4 is 23.8 Å². The Kier molecular flexibility index (Phi) is 5.12. The van der Waals surface area contributed by atoms with Crippen molar-refractivity contribution in [2.45, 2.75) is 25.8 Å².